The van der Waals surface area contributed by atoms with Gasteiger partial charge in [0.05, 0.1) is 25.0 Å². The average Bonchev–Trinajstić information content (AvgIpc) is 2.90. The van der Waals surface area contributed by atoms with Gasteiger partial charge in [0, 0.05) is 19.6 Å². The Morgan fingerprint density at radius 1 is 1.59 bits per heavy atom. The zero-order valence-corrected chi connectivity index (χ0v) is 10.7. The second-order valence-corrected chi connectivity index (χ2v) is 4.53. The van der Waals surface area contributed by atoms with Crippen LogP contribution in [-0.2, 0) is 4.74 Å². The molecule has 2 rings (SSSR count). The van der Waals surface area contributed by atoms with Gasteiger partial charge in [0.25, 0.3) is 0 Å². The maximum absolute atomic E-state index is 5.74. The molecular formula is C13H22N2O2. The maximum atomic E-state index is 5.74. The van der Waals surface area contributed by atoms with Gasteiger partial charge >= 0.3 is 0 Å². The topological polar surface area (TPSA) is 37.6 Å². The van der Waals surface area contributed by atoms with Crippen molar-refractivity contribution in [2.75, 3.05) is 32.8 Å². The van der Waals surface area contributed by atoms with Crippen LogP contribution in [0.1, 0.15) is 25.6 Å². The van der Waals surface area contributed by atoms with E-state index >= 15 is 0 Å². The maximum Gasteiger partial charge on any atom is 0.120 e. The standard InChI is InChI=1S/C13H22N2O2/c1-3-15-6-8-16-12(10-15)9-14-11(2)13-5-4-7-17-13/h4-5,7,11-12,14H,3,6,8-10H2,1-2H3/t11-,12?/m0/s1. The van der Waals surface area contributed by atoms with Crippen LogP contribution in [0, 0.1) is 0 Å². The van der Waals surface area contributed by atoms with Crippen LogP contribution in [0.15, 0.2) is 22.8 Å². The number of nitrogens with zero attached hydrogens (tertiary/aromatic N) is 1. The summed E-state index contributed by atoms with van der Waals surface area (Å²) >= 11 is 0. The Kier molecular flexibility index (Phi) is 4.59. The van der Waals surface area contributed by atoms with E-state index in [1.807, 2.05) is 12.1 Å². The van der Waals surface area contributed by atoms with E-state index in [1.54, 1.807) is 6.26 Å². The van der Waals surface area contributed by atoms with Crippen molar-refractivity contribution < 1.29 is 9.15 Å². The minimum Gasteiger partial charge on any atom is -0.468 e. The molecule has 4 nitrogen and oxygen atoms in total. The first-order valence-corrected chi connectivity index (χ1v) is 6.40. The summed E-state index contributed by atoms with van der Waals surface area (Å²) in [6.45, 7) is 9.21. The lowest BCUT2D eigenvalue weighted by molar-refractivity contribution is -0.0264. The molecule has 1 N–H and O–H groups in total. The fourth-order valence-corrected chi connectivity index (χ4v) is 2.14. The van der Waals surface area contributed by atoms with Crippen molar-refractivity contribution in [2.45, 2.75) is 26.0 Å². The number of likely N-dealkylation sites (N-methyl/N-ethyl adjacent to an activating group) is 1. The summed E-state index contributed by atoms with van der Waals surface area (Å²) in [4.78, 5) is 2.42. The van der Waals surface area contributed by atoms with Gasteiger partial charge in [-0.05, 0) is 25.6 Å². The molecule has 96 valence electrons. The molecule has 1 unspecified atom stereocenters. The Balaban J connectivity index is 1.74. The highest BCUT2D eigenvalue weighted by atomic mass is 16.5. The van der Waals surface area contributed by atoms with Gasteiger partial charge in [0.2, 0.25) is 0 Å². The zero-order valence-electron chi connectivity index (χ0n) is 10.7. The van der Waals surface area contributed by atoms with Crippen LogP contribution in [0.25, 0.3) is 0 Å². The second kappa shape index (κ2) is 6.19. The number of hydrogen-bond acceptors (Lipinski definition) is 4. The summed E-state index contributed by atoms with van der Waals surface area (Å²) in [7, 11) is 0. The predicted octanol–water partition coefficient (Wildman–Crippen LogP) is 1.65. The highest BCUT2D eigenvalue weighted by Gasteiger charge is 2.20. The Morgan fingerprint density at radius 2 is 2.47 bits per heavy atom. The smallest absolute Gasteiger partial charge is 0.120 e. The van der Waals surface area contributed by atoms with E-state index < -0.39 is 0 Å². The van der Waals surface area contributed by atoms with Gasteiger partial charge in [0.1, 0.15) is 5.76 Å². The molecule has 0 spiro atoms. The van der Waals surface area contributed by atoms with Gasteiger partial charge < -0.3 is 14.5 Å². The monoisotopic (exact) mass is 238 g/mol. The molecule has 4 heteroatoms. The lowest BCUT2D eigenvalue weighted by atomic mass is 10.2. The SMILES string of the molecule is CCN1CCOC(CN[C@@H](C)c2ccco2)C1. The van der Waals surface area contributed by atoms with Crippen molar-refractivity contribution in [1.82, 2.24) is 10.2 Å². The Bertz CT molecular complexity index is 313. The summed E-state index contributed by atoms with van der Waals surface area (Å²) in [5.41, 5.74) is 0. The first kappa shape index (κ1) is 12.6. The van der Waals surface area contributed by atoms with Crippen LogP contribution in [0.2, 0.25) is 0 Å². The van der Waals surface area contributed by atoms with E-state index in [-0.39, 0.29) is 6.04 Å². The summed E-state index contributed by atoms with van der Waals surface area (Å²) in [6.07, 6.45) is 2.00. The molecule has 0 saturated carbocycles. The van der Waals surface area contributed by atoms with E-state index in [0.717, 1.165) is 38.5 Å². The van der Waals surface area contributed by atoms with E-state index in [0.29, 0.717) is 6.10 Å². The molecule has 0 aromatic carbocycles. The van der Waals surface area contributed by atoms with Crippen LogP contribution in [-0.4, -0.2) is 43.8 Å². The van der Waals surface area contributed by atoms with Gasteiger partial charge in [0.15, 0.2) is 0 Å². The number of ether oxygens (including phenoxy) is 1. The summed E-state index contributed by atoms with van der Waals surface area (Å²) < 4.78 is 11.1. The molecule has 2 heterocycles. The highest BCUT2D eigenvalue weighted by molar-refractivity contribution is 5.02. The van der Waals surface area contributed by atoms with Crippen molar-refractivity contribution in [3.8, 4) is 0 Å². The highest BCUT2D eigenvalue weighted by Crippen LogP contribution is 2.12. The van der Waals surface area contributed by atoms with Crippen molar-refractivity contribution in [3.05, 3.63) is 24.2 Å². The lowest BCUT2D eigenvalue weighted by Gasteiger charge is -2.32. The van der Waals surface area contributed by atoms with Crippen molar-refractivity contribution >= 4 is 0 Å². The molecule has 1 aliphatic heterocycles. The third-order valence-corrected chi connectivity index (χ3v) is 3.29. The molecule has 0 bridgehead atoms. The second-order valence-electron chi connectivity index (χ2n) is 4.53. The van der Waals surface area contributed by atoms with Gasteiger partial charge in [-0.2, -0.15) is 0 Å². The Morgan fingerprint density at radius 3 is 3.18 bits per heavy atom. The van der Waals surface area contributed by atoms with E-state index in [2.05, 4.69) is 24.1 Å². The molecule has 0 amide bonds. The van der Waals surface area contributed by atoms with Crippen LogP contribution >= 0.6 is 0 Å². The number of morpholine rings is 1. The molecule has 2 atom stereocenters. The summed E-state index contributed by atoms with van der Waals surface area (Å²) in [6, 6.07) is 4.16. The average molecular weight is 238 g/mol. The minimum absolute atomic E-state index is 0.241. The minimum atomic E-state index is 0.241. The third-order valence-electron chi connectivity index (χ3n) is 3.29. The summed E-state index contributed by atoms with van der Waals surface area (Å²) in [5.74, 6) is 0.980. The first-order chi connectivity index (χ1) is 8.29. The quantitative estimate of drug-likeness (QED) is 0.846. The van der Waals surface area contributed by atoms with Gasteiger partial charge in [-0.15, -0.1) is 0 Å². The largest absolute Gasteiger partial charge is 0.468 e. The van der Waals surface area contributed by atoms with Crippen molar-refractivity contribution in [1.29, 1.82) is 0 Å². The van der Waals surface area contributed by atoms with E-state index in [9.17, 15) is 0 Å². The Hall–Kier alpha value is -0.840. The Labute approximate surface area is 103 Å². The lowest BCUT2D eigenvalue weighted by Crippen LogP contribution is -2.46. The first-order valence-electron chi connectivity index (χ1n) is 6.40. The number of hydrogen-bond donors (Lipinski definition) is 1. The van der Waals surface area contributed by atoms with E-state index in [4.69, 9.17) is 9.15 Å². The van der Waals surface area contributed by atoms with Crippen molar-refractivity contribution in [2.24, 2.45) is 0 Å². The molecule has 17 heavy (non-hydrogen) atoms. The molecule has 1 aromatic heterocycles. The number of rotatable bonds is 5. The molecule has 1 aliphatic rings. The van der Waals surface area contributed by atoms with Gasteiger partial charge in [-0.25, -0.2) is 0 Å². The van der Waals surface area contributed by atoms with Crippen LogP contribution in [0.3, 0.4) is 0 Å². The predicted molar refractivity (Wildman–Crippen MR) is 67.0 cm³/mol. The molecule has 1 aromatic rings. The van der Waals surface area contributed by atoms with Crippen molar-refractivity contribution in [3.63, 3.8) is 0 Å². The normalized spacial score (nSPS) is 23.8. The molecular weight excluding hydrogens is 216 g/mol. The van der Waals surface area contributed by atoms with Gasteiger partial charge in [-0.3, -0.25) is 4.90 Å². The fourth-order valence-electron chi connectivity index (χ4n) is 2.14. The molecule has 1 saturated heterocycles. The molecule has 0 aliphatic carbocycles. The zero-order chi connectivity index (χ0) is 12.1. The van der Waals surface area contributed by atoms with Crippen LogP contribution in [0.4, 0.5) is 0 Å². The van der Waals surface area contributed by atoms with E-state index in [1.165, 1.54) is 0 Å². The third kappa shape index (κ3) is 3.56. The molecule has 0 radical (unpaired) electrons. The van der Waals surface area contributed by atoms with Gasteiger partial charge in [-0.1, -0.05) is 6.92 Å². The van der Waals surface area contributed by atoms with Crippen LogP contribution in [0.5, 0.6) is 0 Å². The summed E-state index contributed by atoms with van der Waals surface area (Å²) in [5, 5.41) is 3.45. The number of nitrogens with one attached hydrogen (secondary N) is 1. The van der Waals surface area contributed by atoms with Crippen LogP contribution < -0.4 is 5.32 Å². The molecule has 1 fully saturated rings. The number of furan rings is 1. The fraction of sp³-hybridized carbons (Fsp3) is 0.692.